The van der Waals surface area contributed by atoms with E-state index in [4.69, 9.17) is 0 Å². The summed E-state index contributed by atoms with van der Waals surface area (Å²) in [6, 6.07) is 5.50. The molecule has 1 aliphatic heterocycles. The lowest BCUT2D eigenvalue weighted by molar-refractivity contribution is 0.102. The summed E-state index contributed by atoms with van der Waals surface area (Å²) in [4.78, 5) is 12.6. The number of aromatic nitrogens is 3. The first kappa shape index (κ1) is 18.9. The van der Waals surface area contributed by atoms with Gasteiger partial charge in [0.1, 0.15) is 6.33 Å². The number of hydrogen-bond donors (Lipinski definition) is 0. The summed E-state index contributed by atoms with van der Waals surface area (Å²) in [6.07, 6.45) is 4.40. The number of nitrogens with zero attached hydrogens (tertiary/aromatic N) is 4. The highest BCUT2D eigenvalue weighted by atomic mass is 32.2. The van der Waals surface area contributed by atoms with Gasteiger partial charge in [-0.05, 0) is 50.5 Å². The molecule has 7 nitrogen and oxygen atoms in total. The van der Waals surface area contributed by atoms with Crippen LogP contribution in [0.4, 0.5) is 5.69 Å². The predicted octanol–water partition coefficient (Wildman–Crippen LogP) is 2.55. The molecule has 1 aromatic heterocycles. The second-order valence-corrected chi connectivity index (χ2v) is 9.46. The molecule has 0 bridgehead atoms. The highest BCUT2D eigenvalue weighted by Gasteiger charge is 2.24. The Hall–Kier alpha value is -1.87. The molecule has 0 spiro atoms. The molecule has 0 unspecified atom stereocenters. The van der Waals surface area contributed by atoms with E-state index in [1.807, 2.05) is 24.5 Å². The lowest BCUT2D eigenvalue weighted by Crippen LogP contribution is -2.34. The Kier molecular flexibility index (Phi) is 5.38. The van der Waals surface area contributed by atoms with Gasteiger partial charge in [0, 0.05) is 18.2 Å². The highest BCUT2D eigenvalue weighted by molar-refractivity contribution is 7.99. The number of fused-ring (bicyclic) bond motifs is 1. The number of anilines is 1. The molecule has 0 N–H and O–H groups in total. The Balaban J connectivity index is 1.76. The quantitative estimate of drug-likeness (QED) is 0.553. The van der Waals surface area contributed by atoms with Gasteiger partial charge in [0.25, 0.3) is 0 Å². The van der Waals surface area contributed by atoms with Crippen LogP contribution in [0, 0.1) is 0 Å². The molecule has 2 heterocycles. The van der Waals surface area contributed by atoms with Gasteiger partial charge in [-0.1, -0.05) is 11.8 Å². The summed E-state index contributed by atoms with van der Waals surface area (Å²) in [5, 5.41) is 8.68. The number of carbonyl (C=O) groups is 1. The molecule has 1 aromatic carbocycles. The minimum atomic E-state index is -3.30. The number of Topliss-reactive ketones (excluding diaryl/α,β-unsaturated/α-hetero) is 1. The van der Waals surface area contributed by atoms with E-state index in [2.05, 4.69) is 10.2 Å². The average Bonchev–Trinajstić information content (AvgIpc) is 3.06. The molecule has 9 heteroatoms. The van der Waals surface area contributed by atoms with E-state index in [1.54, 1.807) is 18.5 Å². The van der Waals surface area contributed by atoms with Crippen LogP contribution < -0.4 is 4.31 Å². The minimum absolute atomic E-state index is 0.00687. The molecule has 140 valence electrons. The summed E-state index contributed by atoms with van der Waals surface area (Å²) in [5.74, 6) is 0.257. The van der Waals surface area contributed by atoms with Gasteiger partial charge in [0.15, 0.2) is 10.9 Å². The van der Waals surface area contributed by atoms with E-state index in [0.717, 1.165) is 23.6 Å². The van der Waals surface area contributed by atoms with Crippen LogP contribution in [0.3, 0.4) is 0 Å². The van der Waals surface area contributed by atoms with E-state index >= 15 is 0 Å². The van der Waals surface area contributed by atoms with Crippen LogP contribution in [-0.4, -0.2) is 47.5 Å². The Morgan fingerprint density at radius 3 is 2.81 bits per heavy atom. The number of benzene rings is 1. The molecular weight excluding hydrogens is 372 g/mol. The normalized spacial score (nSPS) is 14.5. The second-order valence-electron chi connectivity index (χ2n) is 6.61. The van der Waals surface area contributed by atoms with Crippen molar-refractivity contribution < 1.29 is 13.2 Å². The summed E-state index contributed by atoms with van der Waals surface area (Å²) in [7, 11) is -3.30. The number of rotatable bonds is 6. The SMILES string of the molecule is CC(C)n1cnnc1SCC(=O)c1ccc2c(c1)CCCN2S(C)(=O)=O. The van der Waals surface area contributed by atoms with Gasteiger partial charge in [-0.25, -0.2) is 8.42 Å². The molecule has 0 saturated carbocycles. The monoisotopic (exact) mass is 394 g/mol. The van der Waals surface area contributed by atoms with Gasteiger partial charge < -0.3 is 4.57 Å². The van der Waals surface area contributed by atoms with Crippen LogP contribution in [0.5, 0.6) is 0 Å². The topological polar surface area (TPSA) is 85.2 Å². The van der Waals surface area contributed by atoms with E-state index in [1.165, 1.54) is 22.3 Å². The average molecular weight is 395 g/mol. The molecule has 1 aliphatic rings. The molecule has 2 aromatic rings. The first-order valence-electron chi connectivity index (χ1n) is 8.43. The Morgan fingerprint density at radius 2 is 2.12 bits per heavy atom. The van der Waals surface area contributed by atoms with Crippen molar-refractivity contribution >= 4 is 33.3 Å². The summed E-state index contributed by atoms with van der Waals surface area (Å²) in [5.41, 5.74) is 2.19. The van der Waals surface area contributed by atoms with Crippen molar-refractivity contribution in [2.75, 3.05) is 22.9 Å². The standard InChI is InChI=1S/C17H22N4O3S2/c1-12(2)20-11-18-19-17(20)25-10-16(22)14-6-7-15-13(9-14)5-4-8-21(15)26(3,23)24/h6-7,9,11-12H,4-5,8,10H2,1-3H3. The summed E-state index contributed by atoms with van der Waals surface area (Å²) < 4.78 is 27.2. The second kappa shape index (κ2) is 7.40. The maximum atomic E-state index is 12.6. The van der Waals surface area contributed by atoms with E-state index in [9.17, 15) is 13.2 Å². The van der Waals surface area contributed by atoms with Gasteiger partial charge >= 0.3 is 0 Å². The number of thioether (sulfide) groups is 1. The van der Waals surface area contributed by atoms with Gasteiger partial charge in [-0.3, -0.25) is 9.10 Å². The maximum absolute atomic E-state index is 12.6. The van der Waals surface area contributed by atoms with Crippen LogP contribution in [-0.2, 0) is 16.4 Å². The van der Waals surface area contributed by atoms with Crippen LogP contribution in [0.2, 0.25) is 0 Å². The lowest BCUT2D eigenvalue weighted by atomic mass is 9.99. The number of ketones is 1. The van der Waals surface area contributed by atoms with Crippen molar-refractivity contribution in [3.05, 3.63) is 35.7 Å². The molecule has 0 amide bonds. The van der Waals surface area contributed by atoms with Crippen molar-refractivity contribution in [3.8, 4) is 0 Å². The Morgan fingerprint density at radius 1 is 1.35 bits per heavy atom. The Labute approximate surface area is 157 Å². The van der Waals surface area contributed by atoms with Crippen LogP contribution in [0.25, 0.3) is 0 Å². The zero-order valence-electron chi connectivity index (χ0n) is 15.0. The van der Waals surface area contributed by atoms with Crippen LogP contribution in [0.1, 0.15) is 42.2 Å². The molecule has 3 rings (SSSR count). The first-order chi connectivity index (χ1) is 12.3. The smallest absolute Gasteiger partial charge is 0.232 e. The predicted molar refractivity (Wildman–Crippen MR) is 102 cm³/mol. The maximum Gasteiger partial charge on any atom is 0.232 e. The highest BCUT2D eigenvalue weighted by Crippen LogP contribution is 2.30. The third-order valence-corrected chi connectivity index (χ3v) is 6.44. The number of carbonyl (C=O) groups excluding carboxylic acids is 1. The summed E-state index contributed by atoms with van der Waals surface area (Å²) in [6.45, 7) is 4.55. The van der Waals surface area contributed by atoms with E-state index < -0.39 is 10.0 Å². The van der Waals surface area contributed by atoms with E-state index in [0.29, 0.717) is 17.8 Å². The molecule has 0 radical (unpaired) electrons. The number of sulfonamides is 1. The van der Waals surface area contributed by atoms with Crippen molar-refractivity contribution in [3.63, 3.8) is 0 Å². The largest absolute Gasteiger partial charge is 0.306 e. The van der Waals surface area contributed by atoms with Gasteiger partial charge in [0.05, 0.1) is 17.7 Å². The molecule has 0 atom stereocenters. The molecule has 0 saturated heterocycles. The number of aryl methyl sites for hydroxylation is 1. The third-order valence-electron chi connectivity index (χ3n) is 4.31. The van der Waals surface area contributed by atoms with Crippen molar-refractivity contribution in [1.29, 1.82) is 0 Å². The molecule has 0 aliphatic carbocycles. The van der Waals surface area contributed by atoms with Crippen molar-refractivity contribution in [2.45, 2.75) is 37.9 Å². The van der Waals surface area contributed by atoms with E-state index in [-0.39, 0.29) is 17.6 Å². The molecule has 26 heavy (non-hydrogen) atoms. The zero-order chi connectivity index (χ0) is 18.9. The third kappa shape index (κ3) is 3.93. The fourth-order valence-electron chi connectivity index (χ4n) is 2.98. The molecular formula is C17H22N4O3S2. The fraction of sp³-hybridized carbons (Fsp3) is 0.471. The van der Waals surface area contributed by atoms with Crippen LogP contribution >= 0.6 is 11.8 Å². The van der Waals surface area contributed by atoms with Gasteiger partial charge in [-0.2, -0.15) is 0 Å². The van der Waals surface area contributed by atoms with Crippen molar-refractivity contribution in [2.24, 2.45) is 0 Å². The molecule has 0 fully saturated rings. The first-order valence-corrected chi connectivity index (χ1v) is 11.3. The van der Waals surface area contributed by atoms with Crippen molar-refractivity contribution in [1.82, 2.24) is 14.8 Å². The minimum Gasteiger partial charge on any atom is -0.306 e. The fourth-order valence-corrected chi connectivity index (χ4v) is 4.92. The zero-order valence-corrected chi connectivity index (χ0v) is 16.7. The summed E-state index contributed by atoms with van der Waals surface area (Å²) >= 11 is 1.36. The lowest BCUT2D eigenvalue weighted by Gasteiger charge is -2.29. The number of hydrogen-bond acceptors (Lipinski definition) is 6. The van der Waals surface area contributed by atoms with Gasteiger partial charge in [0.2, 0.25) is 10.0 Å². The van der Waals surface area contributed by atoms with Gasteiger partial charge in [-0.15, -0.1) is 10.2 Å². The Bertz CT molecular complexity index is 922. The van der Waals surface area contributed by atoms with Crippen LogP contribution in [0.15, 0.2) is 29.7 Å².